The standard InChI is InChI=1S/C22H21N3O3S3/c1-13-4-5-18-19(6-13)31-21(24-18)25-20(26)9-15-12-30-22(23-15)29-11-14-7-16(27-2)10-17(8-14)28-3/h4-8,10,12H,9,11H2,1-3H3,(H,24,25,26). The summed E-state index contributed by atoms with van der Waals surface area (Å²) < 4.78 is 12.6. The lowest BCUT2D eigenvalue weighted by molar-refractivity contribution is -0.115. The number of thiazole rings is 2. The second-order valence-corrected chi connectivity index (χ2v) is 9.94. The Bertz CT molecular complexity index is 1200. The number of methoxy groups -OCH3 is 2. The van der Waals surface area contributed by atoms with Gasteiger partial charge < -0.3 is 14.8 Å². The van der Waals surface area contributed by atoms with E-state index in [1.54, 1.807) is 26.0 Å². The van der Waals surface area contributed by atoms with E-state index in [1.165, 1.54) is 28.2 Å². The summed E-state index contributed by atoms with van der Waals surface area (Å²) in [7, 11) is 3.28. The van der Waals surface area contributed by atoms with Gasteiger partial charge in [-0.3, -0.25) is 4.79 Å². The molecule has 0 fully saturated rings. The van der Waals surface area contributed by atoms with E-state index in [0.29, 0.717) is 5.13 Å². The van der Waals surface area contributed by atoms with E-state index in [1.807, 2.05) is 42.6 Å². The third-order valence-electron chi connectivity index (χ3n) is 4.44. The summed E-state index contributed by atoms with van der Waals surface area (Å²) in [6, 6.07) is 11.9. The normalized spacial score (nSPS) is 10.9. The van der Waals surface area contributed by atoms with Gasteiger partial charge in [0.05, 0.1) is 36.6 Å². The average Bonchev–Trinajstić information content (AvgIpc) is 3.37. The van der Waals surface area contributed by atoms with Crippen LogP contribution < -0.4 is 14.8 Å². The number of hydrogen-bond donors (Lipinski definition) is 1. The molecule has 1 N–H and O–H groups in total. The van der Waals surface area contributed by atoms with E-state index in [9.17, 15) is 4.79 Å². The Hall–Kier alpha value is -2.62. The number of aryl methyl sites for hydroxylation is 1. The fraction of sp³-hybridized carbons (Fsp3) is 0.227. The van der Waals surface area contributed by atoms with Crippen molar-refractivity contribution in [3.63, 3.8) is 0 Å². The molecular formula is C22H21N3O3S3. The zero-order chi connectivity index (χ0) is 21.8. The minimum absolute atomic E-state index is 0.116. The van der Waals surface area contributed by atoms with Crippen LogP contribution in [0.3, 0.4) is 0 Å². The topological polar surface area (TPSA) is 73.3 Å². The van der Waals surface area contributed by atoms with Crippen LogP contribution in [0.15, 0.2) is 46.1 Å². The van der Waals surface area contributed by atoms with Gasteiger partial charge in [-0.1, -0.05) is 29.2 Å². The van der Waals surface area contributed by atoms with E-state index < -0.39 is 0 Å². The van der Waals surface area contributed by atoms with Crippen LogP contribution in [0.2, 0.25) is 0 Å². The summed E-state index contributed by atoms with van der Waals surface area (Å²) in [4.78, 5) is 21.5. The SMILES string of the molecule is COc1cc(CSc2nc(CC(=O)Nc3nc4ccc(C)cc4s3)cs2)cc(OC)c1. The Morgan fingerprint density at radius 2 is 1.87 bits per heavy atom. The number of aromatic nitrogens is 2. The molecule has 2 heterocycles. The molecule has 2 aromatic heterocycles. The first-order chi connectivity index (χ1) is 15.0. The molecule has 1 amide bonds. The van der Waals surface area contributed by atoms with Gasteiger partial charge in [-0.05, 0) is 42.3 Å². The number of carbonyl (C=O) groups excluding carboxylic acids is 1. The molecular weight excluding hydrogens is 450 g/mol. The van der Waals surface area contributed by atoms with Crippen LogP contribution >= 0.6 is 34.4 Å². The maximum absolute atomic E-state index is 12.4. The lowest BCUT2D eigenvalue weighted by atomic mass is 10.2. The molecule has 0 spiro atoms. The zero-order valence-corrected chi connectivity index (χ0v) is 19.7. The predicted octanol–water partition coefficient (Wildman–Crippen LogP) is 5.55. The van der Waals surface area contributed by atoms with E-state index in [-0.39, 0.29) is 12.3 Å². The van der Waals surface area contributed by atoms with Crippen molar-refractivity contribution in [2.24, 2.45) is 0 Å². The van der Waals surface area contributed by atoms with Gasteiger partial charge in [-0.25, -0.2) is 9.97 Å². The minimum Gasteiger partial charge on any atom is -0.497 e. The van der Waals surface area contributed by atoms with Crippen LogP contribution in [-0.4, -0.2) is 30.1 Å². The van der Waals surface area contributed by atoms with Gasteiger partial charge in [-0.15, -0.1) is 11.3 Å². The highest BCUT2D eigenvalue weighted by Gasteiger charge is 2.12. The number of anilines is 1. The quantitative estimate of drug-likeness (QED) is 0.340. The number of nitrogens with zero attached hydrogens (tertiary/aromatic N) is 2. The van der Waals surface area contributed by atoms with Crippen molar-refractivity contribution >= 4 is 55.7 Å². The first kappa shape index (κ1) is 21.6. The molecule has 0 radical (unpaired) electrons. The monoisotopic (exact) mass is 471 g/mol. The Kier molecular flexibility index (Phi) is 6.74. The molecule has 2 aromatic carbocycles. The molecule has 0 unspecified atom stereocenters. The van der Waals surface area contributed by atoms with Gasteiger partial charge in [0.25, 0.3) is 0 Å². The van der Waals surface area contributed by atoms with Crippen LogP contribution in [0.25, 0.3) is 10.2 Å². The molecule has 0 aliphatic rings. The van der Waals surface area contributed by atoms with Gasteiger partial charge in [0, 0.05) is 17.2 Å². The van der Waals surface area contributed by atoms with Gasteiger partial charge in [-0.2, -0.15) is 0 Å². The number of amides is 1. The number of nitrogens with one attached hydrogen (secondary N) is 1. The second-order valence-electron chi connectivity index (χ2n) is 6.83. The van der Waals surface area contributed by atoms with Gasteiger partial charge in [0.15, 0.2) is 5.13 Å². The van der Waals surface area contributed by atoms with Crippen molar-refractivity contribution in [3.05, 3.63) is 58.6 Å². The van der Waals surface area contributed by atoms with Crippen LogP contribution in [0.4, 0.5) is 5.13 Å². The lowest BCUT2D eigenvalue weighted by Gasteiger charge is -2.07. The van der Waals surface area contributed by atoms with Gasteiger partial charge in [0.2, 0.25) is 5.91 Å². The number of fused-ring (bicyclic) bond motifs is 1. The van der Waals surface area contributed by atoms with Gasteiger partial charge >= 0.3 is 0 Å². The molecule has 0 saturated heterocycles. The van der Waals surface area contributed by atoms with Crippen LogP contribution in [0.1, 0.15) is 16.8 Å². The molecule has 0 saturated carbocycles. The predicted molar refractivity (Wildman–Crippen MR) is 128 cm³/mol. The number of ether oxygens (including phenoxy) is 2. The van der Waals surface area contributed by atoms with Crippen LogP contribution in [-0.2, 0) is 17.0 Å². The van der Waals surface area contributed by atoms with Crippen molar-refractivity contribution in [3.8, 4) is 11.5 Å². The fourth-order valence-corrected chi connectivity index (χ4v) is 5.70. The molecule has 0 atom stereocenters. The van der Waals surface area contributed by atoms with E-state index >= 15 is 0 Å². The Morgan fingerprint density at radius 1 is 1.10 bits per heavy atom. The zero-order valence-electron chi connectivity index (χ0n) is 17.3. The number of thioether (sulfide) groups is 1. The van der Waals surface area contributed by atoms with Crippen molar-refractivity contribution < 1.29 is 14.3 Å². The first-order valence-electron chi connectivity index (χ1n) is 9.48. The van der Waals surface area contributed by atoms with Gasteiger partial charge in [0.1, 0.15) is 15.8 Å². The Balaban J connectivity index is 1.34. The molecule has 31 heavy (non-hydrogen) atoms. The third kappa shape index (κ3) is 5.55. The molecule has 9 heteroatoms. The highest BCUT2D eigenvalue weighted by Crippen LogP contribution is 2.30. The van der Waals surface area contributed by atoms with Crippen molar-refractivity contribution in [1.29, 1.82) is 0 Å². The van der Waals surface area contributed by atoms with E-state index in [0.717, 1.165) is 43.1 Å². The molecule has 0 aliphatic carbocycles. The van der Waals surface area contributed by atoms with Crippen LogP contribution in [0, 0.1) is 6.92 Å². The Morgan fingerprint density at radius 3 is 2.61 bits per heavy atom. The first-order valence-corrected chi connectivity index (χ1v) is 12.2. The van der Waals surface area contributed by atoms with Crippen LogP contribution in [0.5, 0.6) is 11.5 Å². The highest BCUT2D eigenvalue weighted by molar-refractivity contribution is 8.00. The smallest absolute Gasteiger partial charge is 0.232 e. The third-order valence-corrected chi connectivity index (χ3v) is 7.51. The summed E-state index contributed by atoms with van der Waals surface area (Å²) in [6.07, 6.45) is 0.221. The maximum Gasteiger partial charge on any atom is 0.232 e. The summed E-state index contributed by atoms with van der Waals surface area (Å²) in [5, 5.41) is 5.43. The van der Waals surface area contributed by atoms with E-state index in [2.05, 4.69) is 21.4 Å². The van der Waals surface area contributed by atoms with Crippen molar-refractivity contribution in [2.45, 2.75) is 23.4 Å². The summed E-state index contributed by atoms with van der Waals surface area (Å²) in [5.74, 6) is 2.14. The number of hydrogen-bond acceptors (Lipinski definition) is 8. The number of carbonyl (C=O) groups is 1. The fourth-order valence-electron chi connectivity index (χ4n) is 2.94. The number of benzene rings is 2. The molecule has 6 nitrogen and oxygen atoms in total. The molecule has 4 aromatic rings. The van der Waals surface area contributed by atoms with Crippen molar-refractivity contribution in [2.75, 3.05) is 19.5 Å². The lowest BCUT2D eigenvalue weighted by Crippen LogP contribution is -2.14. The average molecular weight is 472 g/mol. The molecule has 4 rings (SSSR count). The largest absolute Gasteiger partial charge is 0.497 e. The number of rotatable bonds is 8. The summed E-state index contributed by atoms with van der Waals surface area (Å²) in [6.45, 7) is 2.04. The minimum atomic E-state index is -0.116. The molecule has 160 valence electrons. The molecule has 0 aliphatic heterocycles. The van der Waals surface area contributed by atoms with E-state index in [4.69, 9.17) is 9.47 Å². The Labute approximate surface area is 192 Å². The maximum atomic E-state index is 12.4. The highest BCUT2D eigenvalue weighted by atomic mass is 32.2. The summed E-state index contributed by atoms with van der Waals surface area (Å²) in [5.41, 5.74) is 3.91. The summed E-state index contributed by atoms with van der Waals surface area (Å²) >= 11 is 4.64. The van der Waals surface area contributed by atoms with Crippen molar-refractivity contribution in [1.82, 2.24) is 9.97 Å². The molecule has 0 bridgehead atoms. The second kappa shape index (κ2) is 9.67.